The van der Waals surface area contributed by atoms with E-state index in [1.54, 1.807) is 85.7 Å². The van der Waals surface area contributed by atoms with Crippen molar-refractivity contribution in [1.29, 1.82) is 0 Å². The fourth-order valence-corrected chi connectivity index (χ4v) is 4.26. The number of nitrogens with zero attached hydrogens (tertiary/aromatic N) is 2. The largest absolute Gasteiger partial charge is 0.449 e. The van der Waals surface area contributed by atoms with Crippen LogP contribution in [0.25, 0.3) is 0 Å². The van der Waals surface area contributed by atoms with Crippen molar-refractivity contribution in [1.82, 2.24) is 9.80 Å². The minimum Gasteiger partial charge on any atom is -0.449 e. The molecular weight excluding hydrogens is 468 g/mol. The Bertz CT molecular complexity index is 1010. The minimum atomic E-state index is -1.24. The Balaban J connectivity index is 1.94. The number of rotatable bonds is 3. The van der Waals surface area contributed by atoms with Gasteiger partial charge in [0, 0.05) is 6.42 Å². The van der Waals surface area contributed by atoms with Gasteiger partial charge in [-0.05, 0) is 67.5 Å². The van der Waals surface area contributed by atoms with Crippen molar-refractivity contribution in [3.63, 3.8) is 0 Å². The lowest BCUT2D eigenvalue weighted by molar-refractivity contribution is -0.135. The summed E-state index contributed by atoms with van der Waals surface area (Å²) in [6, 6.07) is 6.65. The van der Waals surface area contributed by atoms with Gasteiger partial charge in [-0.3, -0.25) is 9.69 Å². The quantitative estimate of drug-likeness (QED) is 0.446. The van der Waals surface area contributed by atoms with Crippen LogP contribution in [0.2, 0.25) is 0 Å². The lowest BCUT2D eigenvalue weighted by Gasteiger charge is -2.38. The Kier molecular flexibility index (Phi) is 7.41. The van der Waals surface area contributed by atoms with E-state index in [4.69, 9.17) is 18.9 Å². The molecular formula is C26H36N2O8. The summed E-state index contributed by atoms with van der Waals surface area (Å²) in [4.78, 5) is 54.8. The average molecular weight is 505 g/mol. The summed E-state index contributed by atoms with van der Waals surface area (Å²) >= 11 is 0. The fourth-order valence-electron chi connectivity index (χ4n) is 4.26. The Labute approximate surface area is 211 Å². The van der Waals surface area contributed by atoms with E-state index in [0.717, 1.165) is 4.90 Å². The third-order valence-corrected chi connectivity index (χ3v) is 5.70. The maximum absolute atomic E-state index is 13.4. The van der Waals surface area contributed by atoms with Crippen LogP contribution in [-0.4, -0.2) is 75.6 Å². The summed E-state index contributed by atoms with van der Waals surface area (Å²) in [6.45, 7) is 13.7. The van der Waals surface area contributed by atoms with Gasteiger partial charge in [-0.2, -0.15) is 0 Å². The van der Waals surface area contributed by atoms with Gasteiger partial charge in [0.25, 0.3) is 5.91 Å². The van der Waals surface area contributed by atoms with Crippen LogP contribution >= 0.6 is 0 Å². The molecule has 10 nitrogen and oxygen atoms in total. The molecule has 0 aliphatic carbocycles. The highest BCUT2D eigenvalue weighted by Crippen LogP contribution is 2.37. The standard InChI is InChI=1S/C26H36N2O8/c1-24(2,3)35-22(31)27-17(14-19(20(27)29)34-21(30)16-12-10-9-11-13-16)18-15-33-26(7,8)28(18)23(32)36-25(4,5)6/h9-13,17-19H,14-15H2,1-8H3/t17-,18+,19-/m1/s1. The predicted octanol–water partition coefficient (Wildman–Crippen LogP) is 4.12. The van der Waals surface area contributed by atoms with Crippen molar-refractivity contribution < 1.29 is 38.1 Å². The lowest BCUT2D eigenvalue weighted by Crippen LogP contribution is -2.57. The molecule has 2 aliphatic heterocycles. The van der Waals surface area contributed by atoms with E-state index in [-0.39, 0.29) is 18.6 Å². The first kappa shape index (κ1) is 27.4. The number of carbonyl (C=O) groups is 4. The van der Waals surface area contributed by atoms with Gasteiger partial charge in [-0.25, -0.2) is 19.3 Å². The van der Waals surface area contributed by atoms with Gasteiger partial charge >= 0.3 is 18.2 Å². The Morgan fingerprint density at radius 3 is 2.03 bits per heavy atom. The predicted molar refractivity (Wildman–Crippen MR) is 129 cm³/mol. The molecule has 36 heavy (non-hydrogen) atoms. The maximum Gasteiger partial charge on any atom is 0.417 e. The number of likely N-dealkylation sites (tertiary alicyclic amines) is 1. The van der Waals surface area contributed by atoms with Crippen molar-refractivity contribution >= 4 is 24.1 Å². The van der Waals surface area contributed by atoms with E-state index in [1.807, 2.05) is 0 Å². The van der Waals surface area contributed by atoms with Gasteiger partial charge in [0.15, 0.2) is 6.10 Å². The molecule has 1 aromatic carbocycles. The van der Waals surface area contributed by atoms with E-state index in [9.17, 15) is 19.2 Å². The molecule has 2 aliphatic rings. The molecule has 3 atom stereocenters. The molecule has 0 unspecified atom stereocenters. The van der Waals surface area contributed by atoms with Crippen molar-refractivity contribution in [3.05, 3.63) is 35.9 Å². The van der Waals surface area contributed by atoms with Gasteiger partial charge in [0.1, 0.15) is 16.9 Å². The highest BCUT2D eigenvalue weighted by molar-refractivity contribution is 5.99. The van der Waals surface area contributed by atoms with Crippen LogP contribution in [0.1, 0.15) is 72.2 Å². The molecule has 0 radical (unpaired) electrons. The summed E-state index contributed by atoms with van der Waals surface area (Å²) in [5, 5.41) is 0. The SMILES string of the molecule is CC(C)(C)OC(=O)N1C(=O)[C@H](OC(=O)c2ccccc2)C[C@@H]1[C@@H]1COC(C)(C)N1C(=O)OC(C)(C)C. The topological polar surface area (TPSA) is 112 Å². The molecule has 3 rings (SSSR count). The van der Waals surface area contributed by atoms with Crippen LogP contribution in [0.5, 0.6) is 0 Å². The highest BCUT2D eigenvalue weighted by Gasteiger charge is 2.57. The molecule has 0 N–H and O–H groups in total. The fraction of sp³-hybridized carbons (Fsp3) is 0.615. The molecule has 0 saturated carbocycles. The number of hydrogen-bond acceptors (Lipinski definition) is 8. The molecule has 2 saturated heterocycles. The van der Waals surface area contributed by atoms with Gasteiger partial charge < -0.3 is 18.9 Å². The number of esters is 1. The van der Waals surface area contributed by atoms with Gasteiger partial charge in [0.05, 0.1) is 24.3 Å². The zero-order valence-corrected chi connectivity index (χ0v) is 22.2. The van der Waals surface area contributed by atoms with Crippen molar-refractivity contribution in [3.8, 4) is 0 Å². The van der Waals surface area contributed by atoms with Crippen LogP contribution in [0.4, 0.5) is 9.59 Å². The van der Waals surface area contributed by atoms with E-state index in [1.165, 1.54) is 4.90 Å². The molecule has 3 amide bonds. The van der Waals surface area contributed by atoms with E-state index in [2.05, 4.69) is 0 Å². The number of ether oxygens (including phenoxy) is 4. The monoisotopic (exact) mass is 504 g/mol. The number of amides is 3. The number of carbonyl (C=O) groups excluding carboxylic acids is 4. The summed E-state index contributed by atoms with van der Waals surface area (Å²) in [7, 11) is 0. The maximum atomic E-state index is 13.4. The van der Waals surface area contributed by atoms with Gasteiger partial charge in [-0.15, -0.1) is 0 Å². The van der Waals surface area contributed by atoms with E-state index in [0.29, 0.717) is 0 Å². The summed E-state index contributed by atoms with van der Waals surface area (Å²) in [5.41, 5.74) is -2.44. The molecule has 198 valence electrons. The van der Waals surface area contributed by atoms with Crippen LogP contribution in [0.15, 0.2) is 30.3 Å². The normalized spacial score (nSPS) is 24.0. The van der Waals surface area contributed by atoms with Crippen molar-refractivity contribution in [2.75, 3.05) is 6.61 Å². The second-order valence-corrected chi connectivity index (χ2v) is 11.4. The lowest BCUT2D eigenvalue weighted by atomic mass is 10.0. The second kappa shape index (κ2) is 9.72. The van der Waals surface area contributed by atoms with Gasteiger partial charge in [-0.1, -0.05) is 18.2 Å². The first-order chi connectivity index (χ1) is 16.5. The molecule has 10 heteroatoms. The number of benzene rings is 1. The average Bonchev–Trinajstić information content (AvgIpc) is 3.22. The van der Waals surface area contributed by atoms with Gasteiger partial charge in [0.2, 0.25) is 0 Å². The zero-order valence-electron chi connectivity index (χ0n) is 22.2. The van der Waals surface area contributed by atoms with Crippen LogP contribution in [-0.2, 0) is 23.7 Å². The summed E-state index contributed by atoms with van der Waals surface area (Å²) in [5.74, 6) is -1.40. The summed E-state index contributed by atoms with van der Waals surface area (Å²) < 4.78 is 22.5. The molecule has 2 fully saturated rings. The molecule has 0 aromatic heterocycles. The highest BCUT2D eigenvalue weighted by atomic mass is 16.6. The van der Waals surface area contributed by atoms with Crippen molar-refractivity contribution in [2.24, 2.45) is 0 Å². The molecule has 0 bridgehead atoms. The number of hydrogen-bond donors (Lipinski definition) is 0. The van der Waals surface area contributed by atoms with Crippen LogP contribution in [0, 0.1) is 0 Å². The minimum absolute atomic E-state index is 0.0277. The second-order valence-electron chi connectivity index (χ2n) is 11.4. The molecule has 1 aromatic rings. The Hall–Kier alpha value is -3.14. The third kappa shape index (κ3) is 6.16. The van der Waals surface area contributed by atoms with E-state index >= 15 is 0 Å². The smallest absolute Gasteiger partial charge is 0.417 e. The number of imide groups is 1. The first-order valence-corrected chi connectivity index (χ1v) is 12.0. The van der Waals surface area contributed by atoms with Crippen LogP contribution < -0.4 is 0 Å². The third-order valence-electron chi connectivity index (χ3n) is 5.70. The summed E-state index contributed by atoms with van der Waals surface area (Å²) in [6.07, 6.45) is -2.79. The Morgan fingerprint density at radius 2 is 1.47 bits per heavy atom. The van der Waals surface area contributed by atoms with Crippen LogP contribution in [0.3, 0.4) is 0 Å². The van der Waals surface area contributed by atoms with Crippen molar-refractivity contribution in [2.45, 2.75) is 96.9 Å². The Morgan fingerprint density at radius 1 is 0.917 bits per heavy atom. The van der Waals surface area contributed by atoms with E-state index < -0.39 is 59.2 Å². The zero-order chi connectivity index (χ0) is 27.1. The molecule has 0 spiro atoms. The molecule has 2 heterocycles. The first-order valence-electron chi connectivity index (χ1n) is 12.0.